The molecule has 5 heteroatoms. The second-order valence-corrected chi connectivity index (χ2v) is 2.35. The fraction of sp³-hybridized carbons (Fsp3) is 0. The Labute approximate surface area is 69.7 Å². The summed E-state index contributed by atoms with van der Waals surface area (Å²) in [7, 11) is 0. The first-order chi connectivity index (χ1) is 3.79. The Morgan fingerprint density at radius 3 is 1.55 bits per heavy atom. The number of halogens is 5. The summed E-state index contributed by atoms with van der Waals surface area (Å²) in [6, 6.07) is 6.14. The maximum atomic E-state index is 12.1. The van der Waals surface area contributed by atoms with Gasteiger partial charge in [0.15, 0.2) is 0 Å². The van der Waals surface area contributed by atoms with Crippen LogP contribution in [0.5, 0.6) is 0 Å². The van der Waals surface area contributed by atoms with Crippen LogP contribution in [0.25, 0.3) is 0 Å². The topological polar surface area (TPSA) is 0 Å². The zero-order valence-corrected chi connectivity index (χ0v) is 6.88. The zero-order valence-electron chi connectivity index (χ0n) is 5.29. The summed E-state index contributed by atoms with van der Waals surface area (Å²) >= 11 is 3.18. The largest absolute Gasteiger partial charge is 0.269 e. The summed E-state index contributed by atoms with van der Waals surface area (Å²) in [4.78, 5) is 0. The number of hydrogen-bond donors (Lipinski definition) is 0. The molecule has 0 saturated heterocycles. The van der Waals surface area contributed by atoms with Gasteiger partial charge >= 0.3 is 0 Å². The first-order valence-corrected chi connectivity index (χ1v) is 2.99. The van der Waals surface area contributed by atoms with E-state index >= 15 is 0 Å². The fourth-order valence-electron chi connectivity index (χ4n) is 0.430. The molecule has 0 aliphatic heterocycles. The summed E-state index contributed by atoms with van der Waals surface area (Å²) < 4.78 is 13.0. The second-order valence-electron chi connectivity index (χ2n) is 1.44. The van der Waals surface area contributed by atoms with Crippen LogP contribution in [-0.2, 0) is 0 Å². The van der Waals surface area contributed by atoms with Crippen molar-refractivity contribution in [3.05, 3.63) is 34.6 Å². The second kappa shape index (κ2) is 7.53. The van der Waals surface area contributed by atoms with E-state index in [9.17, 15) is 4.39 Å². The Kier molecular flexibility index (Phi) is 11.5. The van der Waals surface area contributed by atoms with E-state index in [-0.39, 0.29) is 19.9 Å². The summed E-state index contributed by atoms with van der Waals surface area (Å²) in [6.07, 6.45) is 0. The van der Waals surface area contributed by atoms with E-state index < -0.39 is 0 Å². The highest BCUT2D eigenvalue weighted by molar-refractivity contribution is 9.10. The Morgan fingerprint density at radius 2 is 1.27 bits per heavy atom. The van der Waals surface area contributed by atoms with Crippen molar-refractivity contribution in [1.29, 1.82) is 0 Å². The number of benzene rings is 1. The minimum absolute atomic E-state index is 0. The van der Waals surface area contributed by atoms with Gasteiger partial charge in [-0.05, 0) is 24.3 Å². The average Bonchev–Trinajstić information content (AvgIpc) is 1.77. The van der Waals surface area contributed by atoms with Gasteiger partial charge in [-0.1, -0.05) is 15.9 Å². The lowest BCUT2D eigenvalue weighted by Crippen LogP contribution is -1.67. The lowest BCUT2D eigenvalue weighted by atomic mass is 10.4. The summed E-state index contributed by atoms with van der Waals surface area (Å²) in [5.74, 6) is -0.201. The smallest absolute Gasteiger partial charge is 0.123 e. The van der Waals surface area contributed by atoms with Crippen molar-refractivity contribution >= 4 is 15.9 Å². The van der Waals surface area contributed by atoms with Crippen LogP contribution in [0.2, 0.25) is 0 Å². The van der Waals surface area contributed by atoms with Gasteiger partial charge < -0.3 is 0 Å². The molecular formula is C6H7BrF4. The fourth-order valence-corrected chi connectivity index (χ4v) is 0.694. The molecule has 0 aliphatic carbocycles. The highest BCUT2D eigenvalue weighted by Crippen LogP contribution is 2.08. The van der Waals surface area contributed by atoms with Gasteiger partial charge in [0.1, 0.15) is 5.82 Å². The molecule has 0 radical (unpaired) electrons. The third kappa shape index (κ3) is 5.84. The van der Waals surface area contributed by atoms with Gasteiger partial charge in [0.25, 0.3) is 0 Å². The average molecular weight is 235 g/mol. The molecule has 0 aromatic heterocycles. The maximum absolute atomic E-state index is 12.1. The molecule has 0 amide bonds. The minimum Gasteiger partial charge on any atom is -0.269 e. The summed E-state index contributed by atoms with van der Waals surface area (Å²) in [5, 5.41) is 0. The Hall–Kier alpha value is -0.580. The van der Waals surface area contributed by atoms with Crippen LogP contribution < -0.4 is 0 Å². The van der Waals surface area contributed by atoms with E-state index in [4.69, 9.17) is 0 Å². The molecule has 11 heavy (non-hydrogen) atoms. The molecule has 0 aliphatic rings. The molecule has 1 aromatic rings. The van der Waals surface area contributed by atoms with E-state index in [0.29, 0.717) is 0 Å². The predicted octanol–water partition coefficient (Wildman–Crippen LogP) is 3.05. The monoisotopic (exact) mass is 234 g/mol. The molecule has 0 unspecified atom stereocenters. The van der Waals surface area contributed by atoms with Crippen LogP contribution in [0.15, 0.2) is 28.7 Å². The predicted molar refractivity (Wildman–Crippen MR) is 41.6 cm³/mol. The Balaban J connectivity index is -0.000000213. The highest BCUT2D eigenvalue weighted by Gasteiger charge is 1.84. The van der Waals surface area contributed by atoms with E-state index in [1.807, 2.05) is 0 Å². The molecule has 0 bridgehead atoms. The minimum atomic E-state index is -0.201. The summed E-state index contributed by atoms with van der Waals surface area (Å²) in [6.45, 7) is 0. The van der Waals surface area contributed by atoms with Crippen LogP contribution in [0.3, 0.4) is 0 Å². The van der Waals surface area contributed by atoms with Crippen molar-refractivity contribution in [2.24, 2.45) is 0 Å². The Bertz CT molecular complexity index is 153. The quantitative estimate of drug-likeness (QED) is 0.606. The van der Waals surface area contributed by atoms with E-state index in [1.54, 1.807) is 12.1 Å². The van der Waals surface area contributed by atoms with E-state index in [0.717, 1.165) is 4.47 Å². The van der Waals surface area contributed by atoms with Gasteiger partial charge in [0.2, 0.25) is 0 Å². The van der Waals surface area contributed by atoms with Crippen LogP contribution in [0.4, 0.5) is 18.5 Å². The molecule has 0 N–H and O–H groups in total. The zero-order chi connectivity index (χ0) is 5.98. The molecule has 1 aromatic carbocycles. The van der Waals surface area contributed by atoms with Gasteiger partial charge in [0, 0.05) is 4.47 Å². The van der Waals surface area contributed by atoms with E-state index in [1.165, 1.54) is 12.1 Å². The van der Waals surface area contributed by atoms with Crippen LogP contribution in [-0.4, -0.2) is 0 Å². The molecule has 0 saturated carbocycles. The molecule has 0 spiro atoms. The van der Waals surface area contributed by atoms with Crippen molar-refractivity contribution < 1.29 is 18.5 Å². The van der Waals surface area contributed by atoms with Gasteiger partial charge in [0.05, 0.1) is 0 Å². The molecule has 0 heterocycles. The van der Waals surface area contributed by atoms with E-state index in [2.05, 4.69) is 15.9 Å². The van der Waals surface area contributed by atoms with Crippen molar-refractivity contribution in [2.45, 2.75) is 0 Å². The first-order valence-electron chi connectivity index (χ1n) is 2.20. The molecule has 0 fully saturated rings. The third-order valence-electron chi connectivity index (χ3n) is 0.804. The molecule has 0 nitrogen and oxygen atoms in total. The van der Waals surface area contributed by atoms with Gasteiger partial charge in [-0.25, -0.2) is 4.39 Å². The molecule has 66 valence electrons. The van der Waals surface area contributed by atoms with Gasteiger partial charge in [-0.2, -0.15) is 0 Å². The van der Waals surface area contributed by atoms with Crippen LogP contribution in [0, 0.1) is 5.82 Å². The first kappa shape index (κ1) is 16.8. The lowest BCUT2D eigenvalue weighted by molar-refractivity contribution is 0.627. The van der Waals surface area contributed by atoms with Crippen molar-refractivity contribution in [1.82, 2.24) is 0 Å². The van der Waals surface area contributed by atoms with Crippen LogP contribution in [0.1, 0.15) is 0 Å². The SMILES string of the molecule is F.F.F.Fc1ccc(Br)cc1. The highest BCUT2D eigenvalue weighted by atomic mass is 79.9. The van der Waals surface area contributed by atoms with Crippen molar-refractivity contribution in [2.75, 3.05) is 0 Å². The van der Waals surface area contributed by atoms with Gasteiger partial charge in [-0.15, -0.1) is 0 Å². The standard InChI is InChI=1S/C6H4BrF.3FH/c7-5-1-3-6(8)4-2-5;;;/h1-4H;3*1H. The molecular weight excluding hydrogens is 228 g/mol. The van der Waals surface area contributed by atoms with Crippen molar-refractivity contribution in [3.63, 3.8) is 0 Å². The third-order valence-corrected chi connectivity index (χ3v) is 1.33. The van der Waals surface area contributed by atoms with Crippen LogP contribution >= 0.6 is 15.9 Å². The molecule has 0 atom stereocenters. The Morgan fingerprint density at radius 1 is 0.909 bits per heavy atom. The normalized spacial score (nSPS) is 6.73. The lowest BCUT2D eigenvalue weighted by Gasteiger charge is -1.85. The summed E-state index contributed by atoms with van der Waals surface area (Å²) in [5.41, 5.74) is 0. The van der Waals surface area contributed by atoms with Crippen molar-refractivity contribution in [3.8, 4) is 0 Å². The molecule has 1 rings (SSSR count). The number of rotatable bonds is 0. The number of hydrogen-bond acceptors (Lipinski definition) is 0. The maximum Gasteiger partial charge on any atom is 0.123 e. The van der Waals surface area contributed by atoms with Gasteiger partial charge in [-0.3, -0.25) is 14.1 Å².